The van der Waals surface area contributed by atoms with Crippen LogP contribution in [-0.4, -0.2) is 51.3 Å². The first-order valence-electron chi connectivity index (χ1n) is 13.2. The minimum Gasteiger partial charge on any atom is -0.497 e. The molecule has 1 fully saturated rings. The molecule has 4 aromatic carbocycles. The van der Waals surface area contributed by atoms with Crippen molar-refractivity contribution in [2.45, 2.75) is 18.9 Å². The number of nitrogens with zero attached hydrogens (tertiary/aromatic N) is 1. The van der Waals surface area contributed by atoms with Crippen molar-refractivity contribution in [1.29, 1.82) is 0 Å². The van der Waals surface area contributed by atoms with Gasteiger partial charge in [0.2, 0.25) is 0 Å². The Balaban J connectivity index is 1.30. The van der Waals surface area contributed by atoms with Crippen LogP contribution in [0.2, 0.25) is 0 Å². The molecule has 200 valence electrons. The maximum absolute atomic E-state index is 13.2. The predicted molar refractivity (Wildman–Crippen MR) is 156 cm³/mol. The van der Waals surface area contributed by atoms with Crippen LogP contribution in [0.25, 0.3) is 22.3 Å². The summed E-state index contributed by atoms with van der Waals surface area (Å²) in [7, 11) is 5.41. The first-order chi connectivity index (χ1) is 19.0. The lowest BCUT2D eigenvalue weighted by Crippen LogP contribution is -2.35. The van der Waals surface area contributed by atoms with Crippen molar-refractivity contribution in [3.05, 3.63) is 96.6 Å². The van der Waals surface area contributed by atoms with Crippen LogP contribution in [0.5, 0.6) is 17.2 Å². The highest BCUT2D eigenvalue weighted by Crippen LogP contribution is 2.33. The molecule has 1 amide bonds. The number of likely N-dealkylation sites (tertiary alicyclic amines) is 1. The zero-order valence-corrected chi connectivity index (χ0v) is 22.6. The first kappa shape index (κ1) is 26.3. The molecule has 6 heteroatoms. The largest absolute Gasteiger partial charge is 0.497 e. The number of hydrogen-bond donors (Lipinski definition) is 1. The molecular formula is C33H34N2O4. The van der Waals surface area contributed by atoms with Gasteiger partial charge in [-0.15, -0.1) is 0 Å². The Morgan fingerprint density at radius 3 is 2.26 bits per heavy atom. The topological polar surface area (TPSA) is 60.0 Å². The number of methoxy groups -OCH3 is 2. The van der Waals surface area contributed by atoms with E-state index in [2.05, 4.69) is 29.4 Å². The molecule has 0 radical (unpaired) electrons. The number of anilines is 1. The van der Waals surface area contributed by atoms with Crippen LogP contribution in [0.1, 0.15) is 23.2 Å². The van der Waals surface area contributed by atoms with Gasteiger partial charge in [-0.25, -0.2) is 0 Å². The molecule has 4 aromatic rings. The van der Waals surface area contributed by atoms with Crippen molar-refractivity contribution >= 4 is 11.6 Å². The zero-order valence-electron chi connectivity index (χ0n) is 22.6. The molecule has 0 aliphatic carbocycles. The molecule has 0 bridgehead atoms. The molecule has 39 heavy (non-hydrogen) atoms. The number of piperidine rings is 1. The highest BCUT2D eigenvalue weighted by atomic mass is 16.5. The van der Waals surface area contributed by atoms with E-state index < -0.39 is 0 Å². The Labute approximate surface area is 230 Å². The summed E-state index contributed by atoms with van der Waals surface area (Å²) in [5, 5.41) is 3.04. The van der Waals surface area contributed by atoms with Gasteiger partial charge >= 0.3 is 0 Å². The smallest absolute Gasteiger partial charge is 0.255 e. The molecule has 5 rings (SSSR count). The first-order valence-corrected chi connectivity index (χ1v) is 13.2. The van der Waals surface area contributed by atoms with Gasteiger partial charge < -0.3 is 24.4 Å². The standard InChI is InChI=1S/C33H34N2O4/c1-35-18-16-29(17-19-35)39-28-13-10-23(11-14-28)24-6-4-8-27(20-24)34-33(36)26-12-15-32(38-3)31(22-26)25-7-5-9-30(21-25)37-2/h4-15,20-22,29H,16-19H2,1-3H3,(H,34,36). The van der Waals surface area contributed by atoms with Crippen LogP contribution in [0, 0.1) is 0 Å². The third-order valence-corrected chi connectivity index (χ3v) is 7.12. The summed E-state index contributed by atoms with van der Waals surface area (Å²) in [5.41, 5.74) is 5.07. The third kappa shape index (κ3) is 6.41. The van der Waals surface area contributed by atoms with Crippen LogP contribution in [0.3, 0.4) is 0 Å². The molecule has 0 atom stereocenters. The second-order valence-electron chi connectivity index (χ2n) is 9.83. The van der Waals surface area contributed by atoms with E-state index in [1.54, 1.807) is 20.3 Å². The fourth-order valence-electron chi connectivity index (χ4n) is 4.87. The van der Waals surface area contributed by atoms with Crippen molar-refractivity contribution in [1.82, 2.24) is 4.90 Å². The maximum Gasteiger partial charge on any atom is 0.255 e. The van der Waals surface area contributed by atoms with E-state index in [9.17, 15) is 4.79 Å². The molecule has 1 heterocycles. The minimum atomic E-state index is -0.194. The third-order valence-electron chi connectivity index (χ3n) is 7.12. The fourth-order valence-corrected chi connectivity index (χ4v) is 4.87. The lowest BCUT2D eigenvalue weighted by molar-refractivity contribution is 0.102. The summed E-state index contributed by atoms with van der Waals surface area (Å²) in [6.07, 6.45) is 2.37. The number of carbonyl (C=O) groups is 1. The van der Waals surface area contributed by atoms with Gasteiger partial charge in [0.25, 0.3) is 5.91 Å². The monoisotopic (exact) mass is 522 g/mol. The van der Waals surface area contributed by atoms with Crippen LogP contribution in [0.4, 0.5) is 5.69 Å². The highest BCUT2D eigenvalue weighted by Gasteiger charge is 2.18. The Kier molecular flexibility index (Phi) is 8.13. The van der Waals surface area contributed by atoms with Crippen LogP contribution in [0.15, 0.2) is 91.0 Å². The lowest BCUT2D eigenvalue weighted by atomic mass is 10.0. The van der Waals surface area contributed by atoms with Crippen molar-refractivity contribution in [3.8, 4) is 39.5 Å². The molecular weight excluding hydrogens is 488 g/mol. The zero-order chi connectivity index (χ0) is 27.2. The Bertz CT molecular complexity index is 1430. The maximum atomic E-state index is 13.2. The Hall–Kier alpha value is -4.29. The molecule has 1 N–H and O–H groups in total. The van der Waals surface area contributed by atoms with Crippen LogP contribution >= 0.6 is 0 Å². The van der Waals surface area contributed by atoms with Crippen molar-refractivity contribution in [2.75, 3.05) is 39.7 Å². The summed E-state index contributed by atoms with van der Waals surface area (Å²) in [6, 6.07) is 29.2. The van der Waals surface area contributed by atoms with Gasteiger partial charge in [0.05, 0.1) is 14.2 Å². The number of ether oxygens (including phenoxy) is 3. The minimum absolute atomic E-state index is 0.194. The number of amides is 1. The van der Waals surface area contributed by atoms with Gasteiger partial charge in [0.1, 0.15) is 23.4 Å². The average Bonchev–Trinajstić information content (AvgIpc) is 2.98. The Morgan fingerprint density at radius 1 is 0.769 bits per heavy atom. The van der Waals surface area contributed by atoms with E-state index in [4.69, 9.17) is 14.2 Å². The van der Waals surface area contributed by atoms with Gasteiger partial charge in [0.15, 0.2) is 0 Å². The van der Waals surface area contributed by atoms with Gasteiger partial charge in [0, 0.05) is 29.9 Å². The lowest BCUT2D eigenvalue weighted by Gasteiger charge is -2.29. The van der Waals surface area contributed by atoms with Gasteiger partial charge in [-0.05, 0) is 91.2 Å². The summed E-state index contributed by atoms with van der Waals surface area (Å²) >= 11 is 0. The van der Waals surface area contributed by atoms with Crippen molar-refractivity contribution in [3.63, 3.8) is 0 Å². The van der Waals surface area contributed by atoms with Gasteiger partial charge in [-0.2, -0.15) is 0 Å². The van der Waals surface area contributed by atoms with Gasteiger partial charge in [-0.3, -0.25) is 4.79 Å². The molecule has 0 spiro atoms. The number of benzene rings is 4. The van der Waals surface area contributed by atoms with Crippen LogP contribution < -0.4 is 19.5 Å². The quantitative estimate of drug-likeness (QED) is 0.277. The average molecular weight is 523 g/mol. The molecule has 1 aliphatic rings. The van der Waals surface area contributed by atoms with E-state index >= 15 is 0 Å². The molecule has 1 aliphatic heterocycles. The van der Waals surface area contributed by atoms with E-state index in [1.807, 2.05) is 72.8 Å². The summed E-state index contributed by atoms with van der Waals surface area (Å²) in [6.45, 7) is 2.14. The van der Waals surface area contributed by atoms with Crippen molar-refractivity contribution in [2.24, 2.45) is 0 Å². The second-order valence-corrected chi connectivity index (χ2v) is 9.83. The van der Waals surface area contributed by atoms with E-state index in [0.717, 1.165) is 65.4 Å². The summed E-state index contributed by atoms with van der Waals surface area (Å²) in [4.78, 5) is 15.6. The van der Waals surface area contributed by atoms with Crippen molar-refractivity contribution < 1.29 is 19.0 Å². The van der Waals surface area contributed by atoms with E-state index in [-0.39, 0.29) is 12.0 Å². The SMILES string of the molecule is COc1cccc(-c2cc(C(=O)Nc3cccc(-c4ccc(OC5CCN(C)CC5)cc4)c3)ccc2OC)c1. The molecule has 0 aromatic heterocycles. The van der Waals surface area contributed by atoms with Crippen LogP contribution in [-0.2, 0) is 0 Å². The van der Waals surface area contributed by atoms with E-state index in [0.29, 0.717) is 11.3 Å². The molecule has 1 saturated heterocycles. The predicted octanol–water partition coefficient (Wildman–Crippen LogP) is 6.76. The number of nitrogens with one attached hydrogen (secondary N) is 1. The second kappa shape index (κ2) is 12.0. The van der Waals surface area contributed by atoms with Gasteiger partial charge in [-0.1, -0.05) is 36.4 Å². The number of rotatable bonds is 8. The van der Waals surface area contributed by atoms with E-state index in [1.165, 1.54) is 0 Å². The molecule has 0 saturated carbocycles. The fraction of sp³-hybridized carbons (Fsp3) is 0.242. The molecule has 6 nitrogen and oxygen atoms in total. The number of hydrogen-bond acceptors (Lipinski definition) is 5. The summed E-state index contributed by atoms with van der Waals surface area (Å²) in [5.74, 6) is 2.12. The molecule has 0 unspecified atom stereocenters. The normalized spacial score (nSPS) is 14.0. The summed E-state index contributed by atoms with van der Waals surface area (Å²) < 4.78 is 17.1. The highest BCUT2D eigenvalue weighted by molar-refractivity contribution is 6.05. The number of carbonyl (C=O) groups excluding carboxylic acids is 1. The Morgan fingerprint density at radius 2 is 1.51 bits per heavy atom.